The van der Waals surface area contributed by atoms with Gasteiger partial charge in [-0.15, -0.1) is 0 Å². The third-order valence-corrected chi connectivity index (χ3v) is 5.45. The van der Waals surface area contributed by atoms with Crippen molar-refractivity contribution >= 4 is 17.5 Å². The van der Waals surface area contributed by atoms with Crippen molar-refractivity contribution in [1.29, 1.82) is 0 Å². The molecule has 0 radical (unpaired) electrons. The summed E-state index contributed by atoms with van der Waals surface area (Å²) in [6, 6.07) is 13.7. The van der Waals surface area contributed by atoms with E-state index in [0.717, 1.165) is 22.4 Å². The average Bonchev–Trinajstić information content (AvgIpc) is 2.71. The van der Waals surface area contributed by atoms with Crippen molar-refractivity contribution < 1.29 is 14.3 Å². The monoisotopic (exact) mass is 409 g/mol. The van der Waals surface area contributed by atoms with Gasteiger partial charge in [0, 0.05) is 31.9 Å². The Morgan fingerprint density at radius 1 is 1.00 bits per heavy atom. The Morgan fingerprint density at radius 2 is 1.63 bits per heavy atom. The molecular formula is C24H31N3O3. The number of hydrogen-bond acceptors (Lipinski definition) is 4. The van der Waals surface area contributed by atoms with Gasteiger partial charge in [-0.05, 0) is 56.5 Å². The van der Waals surface area contributed by atoms with Crippen LogP contribution in [0.15, 0.2) is 42.5 Å². The highest BCUT2D eigenvalue weighted by atomic mass is 16.5. The molecule has 0 bridgehead atoms. The first-order chi connectivity index (χ1) is 14.3. The zero-order chi connectivity index (χ0) is 21.7. The van der Waals surface area contributed by atoms with Crippen LogP contribution in [0.5, 0.6) is 5.75 Å². The van der Waals surface area contributed by atoms with E-state index in [1.54, 1.807) is 6.92 Å². The minimum Gasteiger partial charge on any atom is -0.481 e. The smallest absolute Gasteiger partial charge is 0.263 e. The van der Waals surface area contributed by atoms with E-state index in [2.05, 4.69) is 10.2 Å². The second-order valence-corrected chi connectivity index (χ2v) is 7.99. The first-order valence-electron chi connectivity index (χ1n) is 10.4. The zero-order valence-electron chi connectivity index (χ0n) is 18.3. The van der Waals surface area contributed by atoms with Gasteiger partial charge >= 0.3 is 0 Å². The lowest BCUT2D eigenvalue weighted by Crippen LogP contribution is -2.53. The van der Waals surface area contributed by atoms with Gasteiger partial charge in [0.05, 0.1) is 6.54 Å². The zero-order valence-corrected chi connectivity index (χ0v) is 18.3. The number of benzene rings is 2. The van der Waals surface area contributed by atoms with E-state index in [4.69, 9.17) is 4.74 Å². The van der Waals surface area contributed by atoms with E-state index in [9.17, 15) is 9.59 Å². The van der Waals surface area contributed by atoms with Gasteiger partial charge in [-0.25, -0.2) is 0 Å². The van der Waals surface area contributed by atoms with Crippen molar-refractivity contribution in [1.82, 2.24) is 9.80 Å². The molecule has 1 aliphatic rings. The van der Waals surface area contributed by atoms with Crippen molar-refractivity contribution in [2.75, 3.05) is 38.0 Å². The van der Waals surface area contributed by atoms with Gasteiger partial charge in [0.25, 0.3) is 5.91 Å². The van der Waals surface area contributed by atoms with Crippen LogP contribution in [-0.2, 0) is 9.59 Å². The summed E-state index contributed by atoms with van der Waals surface area (Å²) in [5.74, 6) is 0.664. The topological polar surface area (TPSA) is 61.9 Å². The first-order valence-corrected chi connectivity index (χ1v) is 10.4. The summed E-state index contributed by atoms with van der Waals surface area (Å²) in [5, 5.41) is 3.03. The molecule has 160 valence electrons. The number of hydrogen-bond donors (Lipinski definition) is 1. The molecule has 2 aromatic carbocycles. The lowest BCUT2D eigenvalue weighted by Gasteiger charge is -2.35. The average molecular weight is 410 g/mol. The maximum Gasteiger partial charge on any atom is 0.263 e. The Balaban J connectivity index is 1.47. The van der Waals surface area contributed by atoms with Crippen LogP contribution in [0.3, 0.4) is 0 Å². The molecule has 0 unspecified atom stereocenters. The summed E-state index contributed by atoms with van der Waals surface area (Å²) in [5.41, 5.74) is 4.10. The van der Waals surface area contributed by atoms with Crippen molar-refractivity contribution in [2.45, 2.75) is 33.8 Å². The fraction of sp³-hybridized carbons (Fsp3) is 0.417. The molecule has 3 rings (SSSR count). The molecule has 2 amide bonds. The molecule has 2 aromatic rings. The molecule has 0 aliphatic carbocycles. The number of carbonyl (C=O) groups is 2. The van der Waals surface area contributed by atoms with Crippen LogP contribution in [0, 0.1) is 20.8 Å². The number of rotatable bonds is 6. The molecule has 6 heteroatoms. The maximum absolute atomic E-state index is 12.7. The molecule has 1 atom stereocenters. The summed E-state index contributed by atoms with van der Waals surface area (Å²) in [6.07, 6.45) is -0.536. The molecule has 0 aromatic heterocycles. The van der Waals surface area contributed by atoms with Crippen LogP contribution in [0.4, 0.5) is 5.69 Å². The minimum atomic E-state index is -0.536. The largest absolute Gasteiger partial charge is 0.481 e. The Hall–Kier alpha value is -2.86. The van der Waals surface area contributed by atoms with Crippen molar-refractivity contribution in [3.63, 3.8) is 0 Å². The lowest BCUT2D eigenvalue weighted by atomic mass is 10.1. The predicted molar refractivity (Wildman–Crippen MR) is 119 cm³/mol. The van der Waals surface area contributed by atoms with Crippen molar-refractivity contribution in [3.05, 3.63) is 59.2 Å². The van der Waals surface area contributed by atoms with Crippen molar-refractivity contribution in [3.8, 4) is 5.75 Å². The molecule has 1 heterocycles. The predicted octanol–water partition coefficient (Wildman–Crippen LogP) is 3.16. The van der Waals surface area contributed by atoms with E-state index in [0.29, 0.717) is 38.5 Å². The molecule has 6 nitrogen and oxygen atoms in total. The highest BCUT2D eigenvalue weighted by Crippen LogP contribution is 2.19. The van der Waals surface area contributed by atoms with Crippen LogP contribution in [0.25, 0.3) is 0 Å². The first kappa shape index (κ1) is 21.8. The Labute approximate surface area is 178 Å². The minimum absolute atomic E-state index is 0.0175. The molecule has 0 saturated carbocycles. The fourth-order valence-corrected chi connectivity index (χ4v) is 3.72. The number of amides is 2. The number of carbonyl (C=O) groups excluding carboxylic acids is 2. The third kappa shape index (κ3) is 5.60. The molecule has 1 fully saturated rings. The van der Waals surface area contributed by atoms with E-state index in [-0.39, 0.29) is 11.8 Å². The summed E-state index contributed by atoms with van der Waals surface area (Å²) in [7, 11) is 0. The summed E-state index contributed by atoms with van der Waals surface area (Å²) < 4.78 is 5.82. The highest BCUT2D eigenvalue weighted by molar-refractivity contribution is 5.93. The number of para-hydroxylation sites is 1. The van der Waals surface area contributed by atoms with Gasteiger partial charge in [0.2, 0.25) is 5.91 Å². The van der Waals surface area contributed by atoms with Crippen molar-refractivity contribution in [2.24, 2.45) is 0 Å². The van der Waals surface area contributed by atoms with E-state index in [1.165, 1.54) is 0 Å². The quantitative estimate of drug-likeness (QED) is 0.796. The van der Waals surface area contributed by atoms with Crippen LogP contribution in [0.1, 0.15) is 23.6 Å². The molecular weight excluding hydrogens is 378 g/mol. The second kappa shape index (κ2) is 9.76. The summed E-state index contributed by atoms with van der Waals surface area (Å²) in [6.45, 7) is 10.6. The van der Waals surface area contributed by atoms with Crippen LogP contribution in [-0.4, -0.2) is 60.4 Å². The molecule has 30 heavy (non-hydrogen) atoms. The van der Waals surface area contributed by atoms with Crippen LogP contribution < -0.4 is 10.1 Å². The van der Waals surface area contributed by atoms with Gasteiger partial charge in [-0.1, -0.05) is 30.3 Å². The standard InChI is InChI=1S/C24H31N3O3/c1-17-7-5-10-21(15-17)30-20(4)24(29)27-13-11-26(12-14-27)16-22(28)25-23-18(2)8-6-9-19(23)3/h5-10,15,20H,11-14,16H2,1-4H3,(H,25,28)/t20-/m0/s1. The number of ether oxygens (including phenoxy) is 1. The molecule has 1 saturated heterocycles. The summed E-state index contributed by atoms with van der Waals surface area (Å²) in [4.78, 5) is 29.1. The second-order valence-electron chi connectivity index (χ2n) is 7.99. The normalized spacial score (nSPS) is 15.5. The van der Waals surface area contributed by atoms with Gasteiger partial charge in [-0.3, -0.25) is 14.5 Å². The Kier molecular flexibility index (Phi) is 7.11. The van der Waals surface area contributed by atoms with Crippen LogP contribution >= 0.6 is 0 Å². The SMILES string of the molecule is Cc1cccc(O[C@@H](C)C(=O)N2CCN(CC(=O)Nc3c(C)cccc3C)CC2)c1. The van der Waals surface area contributed by atoms with E-state index < -0.39 is 6.10 Å². The Bertz CT molecular complexity index is 884. The van der Waals surface area contributed by atoms with Gasteiger partial charge in [0.1, 0.15) is 5.75 Å². The molecule has 1 N–H and O–H groups in total. The lowest BCUT2D eigenvalue weighted by molar-refractivity contribution is -0.139. The number of piperazine rings is 1. The van der Waals surface area contributed by atoms with E-state index >= 15 is 0 Å². The number of anilines is 1. The van der Waals surface area contributed by atoms with Gasteiger partial charge < -0.3 is 15.0 Å². The fourth-order valence-electron chi connectivity index (χ4n) is 3.72. The third-order valence-electron chi connectivity index (χ3n) is 5.45. The molecule has 1 aliphatic heterocycles. The number of aryl methyl sites for hydroxylation is 3. The summed E-state index contributed by atoms with van der Waals surface area (Å²) >= 11 is 0. The highest BCUT2D eigenvalue weighted by Gasteiger charge is 2.27. The Morgan fingerprint density at radius 3 is 2.27 bits per heavy atom. The van der Waals surface area contributed by atoms with Gasteiger partial charge in [-0.2, -0.15) is 0 Å². The number of nitrogens with zero attached hydrogens (tertiary/aromatic N) is 2. The van der Waals surface area contributed by atoms with Crippen LogP contribution in [0.2, 0.25) is 0 Å². The van der Waals surface area contributed by atoms with Gasteiger partial charge in [0.15, 0.2) is 6.10 Å². The molecule has 0 spiro atoms. The number of nitrogens with one attached hydrogen (secondary N) is 1. The maximum atomic E-state index is 12.7. The van der Waals surface area contributed by atoms with E-state index in [1.807, 2.05) is 68.1 Å².